The minimum atomic E-state index is -0.0857. The SMILES string of the molecule is C[C@H](c1nnc(-c2ccccc2)o1)N1CCc2nn(C)c(=O)cc2C1. The van der Waals surface area contributed by atoms with Gasteiger partial charge in [0.1, 0.15) is 0 Å². The molecule has 128 valence electrons. The molecule has 0 saturated carbocycles. The van der Waals surface area contributed by atoms with Gasteiger partial charge in [-0.15, -0.1) is 10.2 Å². The number of hydrogen-bond acceptors (Lipinski definition) is 6. The van der Waals surface area contributed by atoms with Gasteiger partial charge in [0.05, 0.1) is 11.7 Å². The first-order valence-corrected chi connectivity index (χ1v) is 8.31. The van der Waals surface area contributed by atoms with Gasteiger partial charge in [0.15, 0.2) is 0 Å². The third kappa shape index (κ3) is 2.98. The molecule has 7 heteroatoms. The summed E-state index contributed by atoms with van der Waals surface area (Å²) in [5.41, 5.74) is 2.78. The molecule has 0 unspecified atom stereocenters. The van der Waals surface area contributed by atoms with E-state index in [0.29, 0.717) is 18.3 Å². The maximum absolute atomic E-state index is 11.8. The van der Waals surface area contributed by atoms with Gasteiger partial charge in [-0.1, -0.05) is 18.2 Å². The van der Waals surface area contributed by atoms with E-state index in [2.05, 4.69) is 20.2 Å². The highest BCUT2D eigenvalue weighted by Gasteiger charge is 2.26. The minimum absolute atomic E-state index is 0.0258. The predicted molar refractivity (Wildman–Crippen MR) is 91.7 cm³/mol. The number of aryl methyl sites for hydroxylation is 1. The Balaban J connectivity index is 1.56. The van der Waals surface area contributed by atoms with E-state index in [0.717, 1.165) is 29.8 Å². The number of fused-ring (bicyclic) bond motifs is 1. The molecule has 0 N–H and O–H groups in total. The molecule has 1 aliphatic rings. The fourth-order valence-electron chi connectivity index (χ4n) is 3.10. The zero-order valence-corrected chi connectivity index (χ0v) is 14.2. The van der Waals surface area contributed by atoms with Gasteiger partial charge in [0, 0.05) is 38.2 Å². The van der Waals surface area contributed by atoms with E-state index in [-0.39, 0.29) is 11.6 Å². The van der Waals surface area contributed by atoms with Gasteiger partial charge < -0.3 is 4.42 Å². The zero-order valence-electron chi connectivity index (χ0n) is 14.2. The molecular weight excluding hydrogens is 318 g/mol. The number of hydrogen-bond donors (Lipinski definition) is 0. The van der Waals surface area contributed by atoms with Crippen molar-refractivity contribution in [1.29, 1.82) is 0 Å². The molecule has 3 heterocycles. The highest BCUT2D eigenvalue weighted by Crippen LogP contribution is 2.27. The van der Waals surface area contributed by atoms with E-state index < -0.39 is 0 Å². The van der Waals surface area contributed by atoms with Crippen LogP contribution in [0.5, 0.6) is 0 Å². The highest BCUT2D eigenvalue weighted by molar-refractivity contribution is 5.51. The van der Waals surface area contributed by atoms with Gasteiger partial charge in [-0.05, 0) is 24.6 Å². The van der Waals surface area contributed by atoms with Crippen LogP contribution < -0.4 is 5.56 Å². The fourth-order valence-corrected chi connectivity index (χ4v) is 3.10. The number of nitrogens with zero attached hydrogens (tertiary/aromatic N) is 5. The van der Waals surface area contributed by atoms with Gasteiger partial charge in [-0.25, -0.2) is 4.68 Å². The zero-order chi connectivity index (χ0) is 17.4. The van der Waals surface area contributed by atoms with E-state index in [4.69, 9.17) is 4.42 Å². The van der Waals surface area contributed by atoms with Crippen molar-refractivity contribution in [3.8, 4) is 11.5 Å². The molecule has 0 radical (unpaired) electrons. The second-order valence-electron chi connectivity index (χ2n) is 6.29. The van der Waals surface area contributed by atoms with Crippen LogP contribution in [0.2, 0.25) is 0 Å². The van der Waals surface area contributed by atoms with Crippen LogP contribution in [0.4, 0.5) is 0 Å². The average Bonchev–Trinajstić information content (AvgIpc) is 3.12. The summed E-state index contributed by atoms with van der Waals surface area (Å²) in [6.07, 6.45) is 0.799. The number of aromatic nitrogens is 4. The molecule has 0 fully saturated rings. The summed E-state index contributed by atoms with van der Waals surface area (Å²) < 4.78 is 7.26. The van der Waals surface area contributed by atoms with Gasteiger partial charge in [0.2, 0.25) is 11.8 Å². The van der Waals surface area contributed by atoms with Crippen LogP contribution in [0.25, 0.3) is 11.5 Å². The molecule has 1 aliphatic heterocycles. The Morgan fingerprint density at radius 3 is 2.80 bits per heavy atom. The molecule has 2 aromatic heterocycles. The van der Waals surface area contributed by atoms with Crippen LogP contribution in [0.15, 0.2) is 45.6 Å². The van der Waals surface area contributed by atoms with E-state index in [9.17, 15) is 4.79 Å². The van der Waals surface area contributed by atoms with Crippen molar-refractivity contribution in [2.24, 2.45) is 7.05 Å². The van der Waals surface area contributed by atoms with Crippen LogP contribution in [0.1, 0.15) is 30.1 Å². The van der Waals surface area contributed by atoms with Crippen LogP contribution in [-0.2, 0) is 20.0 Å². The van der Waals surface area contributed by atoms with E-state index in [1.807, 2.05) is 37.3 Å². The number of rotatable bonds is 3. The monoisotopic (exact) mass is 337 g/mol. The van der Waals surface area contributed by atoms with Crippen LogP contribution in [0.3, 0.4) is 0 Å². The summed E-state index contributed by atoms with van der Waals surface area (Å²) in [6.45, 7) is 3.53. The standard InChI is InChI=1S/C18H19N5O2/c1-12(17-19-20-18(25-17)13-6-4-3-5-7-13)23-9-8-15-14(11-23)10-16(24)22(2)21-15/h3-7,10,12H,8-9,11H2,1-2H3/t12-/m1/s1. The second-order valence-corrected chi connectivity index (χ2v) is 6.29. The van der Waals surface area contributed by atoms with Crippen LogP contribution in [-0.4, -0.2) is 31.4 Å². The maximum Gasteiger partial charge on any atom is 0.266 e. The molecule has 1 aromatic carbocycles. The lowest BCUT2D eigenvalue weighted by Crippen LogP contribution is -2.36. The summed E-state index contributed by atoms with van der Waals surface area (Å²) in [5, 5.41) is 12.7. The molecule has 7 nitrogen and oxygen atoms in total. The summed E-state index contributed by atoms with van der Waals surface area (Å²) in [7, 11) is 1.68. The summed E-state index contributed by atoms with van der Waals surface area (Å²) in [6, 6.07) is 11.4. The van der Waals surface area contributed by atoms with Gasteiger partial charge >= 0.3 is 0 Å². The largest absolute Gasteiger partial charge is 0.419 e. The lowest BCUT2D eigenvalue weighted by atomic mass is 10.0. The first-order valence-electron chi connectivity index (χ1n) is 8.31. The molecule has 4 rings (SSSR count). The van der Waals surface area contributed by atoms with Crippen molar-refractivity contribution in [3.05, 3.63) is 63.9 Å². The third-order valence-corrected chi connectivity index (χ3v) is 4.63. The molecular formula is C18H19N5O2. The van der Waals surface area contributed by atoms with E-state index in [1.54, 1.807) is 13.1 Å². The lowest BCUT2D eigenvalue weighted by molar-refractivity contribution is 0.165. The van der Waals surface area contributed by atoms with Crippen molar-refractivity contribution >= 4 is 0 Å². The predicted octanol–water partition coefficient (Wildman–Crippen LogP) is 1.95. The molecule has 3 aromatic rings. The number of benzene rings is 1. The van der Waals surface area contributed by atoms with Crippen LogP contribution in [0, 0.1) is 0 Å². The maximum atomic E-state index is 11.8. The molecule has 0 aliphatic carbocycles. The Morgan fingerprint density at radius 1 is 1.20 bits per heavy atom. The topological polar surface area (TPSA) is 77.1 Å². The Kier molecular flexibility index (Phi) is 3.93. The summed E-state index contributed by atoms with van der Waals surface area (Å²) in [4.78, 5) is 14.1. The van der Waals surface area contributed by atoms with Crippen molar-refractivity contribution in [3.63, 3.8) is 0 Å². The first-order chi connectivity index (χ1) is 12.1. The van der Waals surface area contributed by atoms with Crippen molar-refractivity contribution in [2.75, 3.05) is 6.54 Å². The van der Waals surface area contributed by atoms with Gasteiger partial charge in [-0.3, -0.25) is 9.69 Å². The van der Waals surface area contributed by atoms with E-state index in [1.165, 1.54) is 4.68 Å². The minimum Gasteiger partial charge on any atom is -0.419 e. The van der Waals surface area contributed by atoms with E-state index >= 15 is 0 Å². The first kappa shape index (κ1) is 15.7. The second kappa shape index (κ2) is 6.25. The lowest BCUT2D eigenvalue weighted by Gasteiger charge is -2.31. The quantitative estimate of drug-likeness (QED) is 0.727. The summed E-state index contributed by atoms with van der Waals surface area (Å²) >= 11 is 0. The molecule has 0 amide bonds. The van der Waals surface area contributed by atoms with Gasteiger partial charge in [-0.2, -0.15) is 5.10 Å². The van der Waals surface area contributed by atoms with Crippen molar-refractivity contribution in [2.45, 2.75) is 25.9 Å². The molecule has 1 atom stereocenters. The molecule has 25 heavy (non-hydrogen) atoms. The van der Waals surface area contributed by atoms with Crippen molar-refractivity contribution < 1.29 is 4.42 Å². The Labute approximate surface area is 144 Å². The Morgan fingerprint density at radius 2 is 2.00 bits per heavy atom. The average molecular weight is 337 g/mol. The van der Waals surface area contributed by atoms with Crippen molar-refractivity contribution in [1.82, 2.24) is 24.9 Å². The molecule has 0 bridgehead atoms. The fraction of sp³-hybridized carbons (Fsp3) is 0.333. The van der Waals surface area contributed by atoms with Crippen LogP contribution >= 0.6 is 0 Å². The Bertz CT molecular complexity index is 948. The Hall–Kier alpha value is -2.80. The third-order valence-electron chi connectivity index (χ3n) is 4.63. The molecule has 0 spiro atoms. The highest BCUT2D eigenvalue weighted by atomic mass is 16.4. The normalized spacial score (nSPS) is 15.8. The summed E-state index contributed by atoms with van der Waals surface area (Å²) in [5.74, 6) is 1.11. The smallest absolute Gasteiger partial charge is 0.266 e. The molecule has 0 saturated heterocycles. The van der Waals surface area contributed by atoms with Gasteiger partial charge in [0.25, 0.3) is 5.56 Å².